The number of aryl methyl sites for hydroxylation is 2. The van der Waals surface area contributed by atoms with Gasteiger partial charge in [0, 0.05) is 0 Å². The van der Waals surface area contributed by atoms with Crippen LogP contribution in [-0.4, -0.2) is 11.2 Å². The third-order valence-corrected chi connectivity index (χ3v) is 2.64. The fourth-order valence-electron chi connectivity index (χ4n) is 2.00. The molecule has 15 heavy (non-hydrogen) atoms. The molecule has 1 aromatic carbocycles. The van der Waals surface area contributed by atoms with Crippen LogP contribution in [-0.2, 0) is 6.42 Å². The van der Waals surface area contributed by atoms with Gasteiger partial charge < -0.3 is 5.11 Å². The lowest BCUT2D eigenvalue weighted by Gasteiger charge is -2.11. The summed E-state index contributed by atoms with van der Waals surface area (Å²) in [7, 11) is 0. The molecule has 0 spiro atoms. The molecule has 84 valence electrons. The Bertz CT molecular complexity index is 284. The molecule has 0 heterocycles. The standard InChI is InChI=1S/C14H22O/c1-4-5-6-14(15)10-13-8-11(2)7-12(3)9-13/h7-9,14-15H,4-6,10H2,1-3H3. The Labute approximate surface area is 93.1 Å². The molecule has 1 unspecified atom stereocenters. The lowest BCUT2D eigenvalue weighted by molar-refractivity contribution is 0.162. The highest BCUT2D eigenvalue weighted by Gasteiger charge is 2.05. The maximum atomic E-state index is 9.82. The van der Waals surface area contributed by atoms with Gasteiger partial charge in [-0.25, -0.2) is 0 Å². The molecule has 0 amide bonds. The van der Waals surface area contributed by atoms with E-state index in [-0.39, 0.29) is 6.10 Å². The Hall–Kier alpha value is -0.820. The maximum Gasteiger partial charge on any atom is 0.0580 e. The molecule has 0 fully saturated rings. The fraction of sp³-hybridized carbons (Fsp3) is 0.571. The van der Waals surface area contributed by atoms with Crippen molar-refractivity contribution < 1.29 is 5.11 Å². The first-order valence-electron chi connectivity index (χ1n) is 5.87. The minimum absolute atomic E-state index is 0.175. The molecule has 0 aromatic heterocycles. The summed E-state index contributed by atoms with van der Waals surface area (Å²) in [6, 6.07) is 6.51. The van der Waals surface area contributed by atoms with E-state index in [1.807, 2.05) is 0 Å². The van der Waals surface area contributed by atoms with Gasteiger partial charge in [-0.2, -0.15) is 0 Å². The molecule has 0 radical (unpaired) electrons. The molecule has 1 heteroatoms. The number of rotatable bonds is 5. The van der Waals surface area contributed by atoms with Crippen molar-refractivity contribution in [1.82, 2.24) is 0 Å². The van der Waals surface area contributed by atoms with Crippen molar-refractivity contribution in [3.8, 4) is 0 Å². The largest absolute Gasteiger partial charge is 0.393 e. The third kappa shape index (κ3) is 4.48. The van der Waals surface area contributed by atoms with Crippen LogP contribution in [0.1, 0.15) is 42.9 Å². The van der Waals surface area contributed by atoms with Crippen LogP contribution in [0.25, 0.3) is 0 Å². The molecular formula is C14H22O. The number of unbranched alkanes of at least 4 members (excludes halogenated alkanes) is 1. The van der Waals surface area contributed by atoms with E-state index in [1.165, 1.54) is 16.7 Å². The molecule has 1 atom stereocenters. The summed E-state index contributed by atoms with van der Waals surface area (Å²) in [6.07, 6.45) is 3.81. The molecule has 0 aliphatic heterocycles. The van der Waals surface area contributed by atoms with Crippen LogP contribution in [0.3, 0.4) is 0 Å². The smallest absolute Gasteiger partial charge is 0.0580 e. The summed E-state index contributed by atoms with van der Waals surface area (Å²) >= 11 is 0. The summed E-state index contributed by atoms with van der Waals surface area (Å²) in [5.74, 6) is 0. The molecular weight excluding hydrogens is 184 g/mol. The summed E-state index contributed by atoms with van der Waals surface area (Å²) in [5, 5.41) is 9.82. The summed E-state index contributed by atoms with van der Waals surface area (Å²) in [4.78, 5) is 0. The highest BCUT2D eigenvalue weighted by molar-refractivity contribution is 5.28. The molecule has 0 saturated carbocycles. The Balaban J connectivity index is 2.56. The average Bonchev–Trinajstić information content (AvgIpc) is 2.13. The highest BCUT2D eigenvalue weighted by Crippen LogP contribution is 2.13. The van der Waals surface area contributed by atoms with Crippen molar-refractivity contribution in [1.29, 1.82) is 0 Å². The average molecular weight is 206 g/mol. The van der Waals surface area contributed by atoms with Gasteiger partial charge in [0.1, 0.15) is 0 Å². The van der Waals surface area contributed by atoms with E-state index in [1.54, 1.807) is 0 Å². The number of hydrogen-bond acceptors (Lipinski definition) is 1. The molecule has 1 rings (SSSR count). The zero-order chi connectivity index (χ0) is 11.3. The Kier molecular flexibility index (Phi) is 4.83. The zero-order valence-electron chi connectivity index (χ0n) is 10.1. The number of hydrogen-bond donors (Lipinski definition) is 1. The van der Waals surface area contributed by atoms with Crippen LogP contribution in [0.15, 0.2) is 18.2 Å². The van der Waals surface area contributed by atoms with Crippen LogP contribution in [0, 0.1) is 13.8 Å². The SMILES string of the molecule is CCCCC(O)Cc1cc(C)cc(C)c1. The minimum Gasteiger partial charge on any atom is -0.393 e. The van der Waals surface area contributed by atoms with Crippen molar-refractivity contribution in [2.45, 2.75) is 52.6 Å². The number of benzene rings is 1. The van der Waals surface area contributed by atoms with Crippen LogP contribution in [0.5, 0.6) is 0 Å². The van der Waals surface area contributed by atoms with Gasteiger partial charge in [0.05, 0.1) is 6.10 Å². The van der Waals surface area contributed by atoms with Crippen LogP contribution < -0.4 is 0 Å². The first-order valence-corrected chi connectivity index (χ1v) is 5.87. The molecule has 1 aromatic rings. The van der Waals surface area contributed by atoms with Crippen molar-refractivity contribution in [3.63, 3.8) is 0 Å². The third-order valence-electron chi connectivity index (χ3n) is 2.64. The predicted molar refractivity (Wildman–Crippen MR) is 65.2 cm³/mol. The van der Waals surface area contributed by atoms with E-state index in [0.29, 0.717) is 0 Å². The summed E-state index contributed by atoms with van der Waals surface area (Å²) < 4.78 is 0. The number of aliphatic hydroxyl groups is 1. The van der Waals surface area contributed by atoms with Crippen LogP contribution >= 0.6 is 0 Å². The zero-order valence-corrected chi connectivity index (χ0v) is 10.1. The second-order valence-electron chi connectivity index (χ2n) is 4.50. The Morgan fingerprint density at radius 2 is 1.73 bits per heavy atom. The second kappa shape index (κ2) is 5.92. The predicted octanol–water partition coefficient (Wildman–Crippen LogP) is 3.40. The second-order valence-corrected chi connectivity index (χ2v) is 4.50. The quantitative estimate of drug-likeness (QED) is 0.783. The monoisotopic (exact) mass is 206 g/mol. The van der Waals surface area contributed by atoms with E-state index in [4.69, 9.17) is 0 Å². The topological polar surface area (TPSA) is 20.2 Å². The van der Waals surface area contributed by atoms with Gasteiger partial charge in [0.2, 0.25) is 0 Å². The van der Waals surface area contributed by atoms with Gasteiger partial charge >= 0.3 is 0 Å². The normalized spacial score (nSPS) is 12.8. The van der Waals surface area contributed by atoms with Gasteiger partial charge in [0.25, 0.3) is 0 Å². The van der Waals surface area contributed by atoms with Crippen molar-refractivity contribution in [3.05, 3.63) is 34.9 Å². The highest BCUT2D eigenvalue weighted by atomic mass is 16.3. The van der Waals surface area contributed by atoms with Gasteiger partial charge in [-0.3, -0.25) is 0 Å². The van der Waals surface area contributed by atoms with Crippen molar-refractivity contribution in [2.75, 3.05) is 0 Å². The van der Waals surface area contributed by atoms with Crippen LogP contribution in [0.2, 0.25) is 0 Å². The molecule has 1 nitrogen and oxygen atoms in total. The first kappa shape index (κ1) is 12.3. The van der Waals surface area contributed by atoms with E-state index in [2.05, 4.69) is 39.0 Å². The van der Waals surface area contributed by atoms with E-state index < -0.39 is 0 Å². The molecule has 0 aliphatic carbocycles. The lowest BCUT2D eigenvalue weighted by Crippen LogP contribution is -2.10. The van der Waals surface area contributed by atoms with E-state index >= 15 is 0 Å². The molecule has 1 N–H and O–H groups in total. The van der Waals surface area contributed by atoms with Gasteiger partial charge in [-0.15, -0.1) is 0 Å². The maximum absolute atomic E-state index is 9.82. The van der Waals surface area contributed by atoms with Crippen molar-refractivity contribution >= 4 is 0 Å². The summed E-state index contributed by atoms with van der Waals surface area (Å²) in [6.45, 7) is 6.37. The van der Waals surface area contributed by atoms with Gasteiger partial charge in [-0.05, 0) is 32.3 Å². The lowest BCUT2D eigenvalue weighted by atomic mass is 10.00. The molecule has 0 bridgehead atoms. The minimum atomic E-state index is -0.175. The molecule has 0 saturated heterocycles. The van der Waals surface area contributed by atoms with Gasteiger partial charge in [0.15, 0.2) is 0 Å². The van der Waals surface area contributed by atoms with Crippen LogP contribution in [0.4, 0.5) is 0 Å². The Morgan fingerprint density at radius 1 is 1.13 bits per heavy atom. The van der Waals surface area contributed by atoms with E-state index in [9.17, 15) is 5.11 Å². The van der Waals surface area contributed by atoms with Crippen molar-refractivity contribution in [2.24, 2.45) is 0 Å². The number of aliphatic hydroxyl groups excluding tert-OH is 1. The summed E-state index contributed by atoms with van der Waals surface area (Å²) in [5.41, 5.74) is 3.83. The Morgan fingerprint density at radius 3 is 2.27 bits per heavy atom. The molecule has 0 aliphatic rings. The fourth-order valence-corrected chi connectivity index (χ4v) is 2.00. The van der Waals surface area contributed by atoms with E-state index in [0.717, 1.165) is 25.7 Å². The first-order chi connectivity index (χ1) is 7.11. The van der Waals surface area contributed by atoms with Gasteiger partial charge in [-0.1, -0.05) is 49.1 Å².